The van der Waals surface area contributed by atoms with Gasteiger partial charge in [-0.1, -0.05) is 97.8 Å². The quantitative estimate of drug-likeness (QED) is 0.0946. The Morgan fingerprint density at radius 3 is 2.38 bits per heavy atom. The smallest absolute Gasteiger partial charge is 0.473 e. The normalized spacial score (nSPS) is 18.9. The van der Waals surface area contributed by atoms with Gasteiger partial charge in [0.05, 0.1) is 6.61 Å². The molecule has 0 spiro atoms. The topological polar surface area (TPSA) is 102 Å². The second kappa shape index (κ2) is 14.1. The van der Waals surface area contributed by atoms with Crippen LogP contribution in [-0.4, -0.2) is 16.0 Å². The summed E-state index contributed by atoms with van der Waals surface area (Å²) in [5.41, 5.74) is 4.43. The second-order valence-corrected chi connectivity index (χ2v) is 12.3. The van der Waals surface area contributed by atoms with Gasteiger partial charge in [-0.3, -0.25) is 9.05 Å². The van der Waals surface area contributed by atoms with Gasteiger partial charge in [-0.2, -0.15) is 0 Å². The number of carbonyl (C=O) groups is 1. The van der Waals surface area contributed by atoms with Crippen molar-refractivity contribution in [2.75, 3.05) is 0 Å². The van der Waals surface area contributed by atoms with Crippen molar-refractivity contribution in [1.29, 1.82) is 0 Å². The number of hydrogen-bond acceptors (Lipinski definition) is 6. The van der Waals surface area contributed by atoms with E-state index >= 15 is 0 Å². The molecule has 3 aromatic carbocycles. The highest BCUT2D eigenvalue weighted by Crippen LogP contribution is 2.50. The molecule has 0 heterocycles. The number of phosphoric acid groups is 1. The number of esters is 1. The van der Waals surface area contributed by atoms with Gasteiger partial charge in [-0.15, -0.1) is 0 Å². The maximum absolute atomic E-state index is 13.8. The summed E-state index contributed by atoms with van der Waals surface area (Å²) in [5.74, 6) is -0.907. The molecule has 2 unspecified atom stereocenters. The molecule has 0 fully saturated rings. The van der Waals surface area contributed by atoms with E-state index < -0.39 is 19.9 Å². The number of ether oxygens (including phenoxy) is 1. The monoisotopic (exact) mass is 590 g/mol. The molecular formula is C34H39O7P. The van der Waals surface area contributed by atoms with Crippen molar-refractivity contribution in [2.24, 2.45) is 5.92 Å². The van der Waals surface area contributed by atoms with Crippen molar-refractivity contribution in [2.45, 2.75) is 65.1 Å². The van der Waals surface area contributed by atoms with Crippen LogP contribution in [0.2, 0.25) is 0 Å². The fourth-order valence-electron chi connectivity index (χ4n) is 5.35. The Labute approximate surface area is 248 Å². The van der Waals surface area contributed by atoms with Crippen molar-refractivity contribution in [3.05, 3.63) is 119 Å². The zero-order valence-corrected chi connectivity index (χ0v) is 25.3. The van der Waals surface area contributed by atoms with Crippen LogP contribution in [0.3, 0.4) is 0 Å². The number of phenols is 1. The molecule has 0 radical (unpaired) electrons. The average molecular weight is 591 g/mol. The number of rotatable bonds is 12. The molecule has 0 aromatic heterocycles. The molecule has 0 amide bonds. The van der Waals surface area contributed by atoms with E-state index in [1.54, 1.807) is 66.7 Å². The second-order valence-electron chi connectivity index (χ2n) is 10.9. The standard InChI is InChI=1S/C34H39O7P/c1-5-12-26-20-30(35)32(29-19-24(4)17-18-28(29)23(2)3)31(21-26)40-34(36)33(27-15-10-7-11-16-27)41-42(37,38)39-22-25-13-8-6-9-14-25/h6-11,13-16,19-21,28-29,33,35H,2,5,12,17-18,22H2,1,3-4H3,(H,37,38)/t28-,29+,33?/m0/s1. The van der Waals surface area contributed by atoms with Gasteiger partial charge >= 0.3 is 13.8 Å². The molecule has 1 aliphatic rings. The molecule has 7 nitrogen and oxygen atoms in total. The van der Waals surface area contributed by atoms with Crippen molar-refractivity contribution in [3.63, 3.8) is 0 Å². The minimum absolute atomic E-state index is 0.0298. The third-order valence-electron chi connectivity index (χ3n) is 7.43. The molecule has 0 aliphatic heterocycles. The number of carbonyl (C=O) groups excluding carboxylic acids is 1. The van der Waals surface area contributed by atoms with Gasteiger partial charge in [0.15, 0.2) is 6.10 Å². The van der Waals surface area contributed by atoms with Gasteiger partial charge in [0.1, 0.15) is 11.5 Å². The van der Waals surface area contributed by atoms with Gasteiger partial charge in [0.25, 0.3) is 0 Å². The molecule has 8 heteroatoms. The maximum atomic E-state index is 13.8. The van der Waals surface area contributed by atoms with Crippen LogP contribution in [0.4, 0.5) is 0 Å². The Balaban J connectivity index is 1.70. The number of benzene rings is 3. The Bertz CT molecular complexity index is 1470. The summed E-state index contributed by atoms with van der Waals surface area (Å²) in [6.45, 7) is 10.0. The van der Waals surface area contributed by atoms with Crippen molar-refractivity contribution < 1.29 is 33.1 Å². The highest BCUT2D eigenvalue weighted by molar-refractivity contribution is 7.47. The van der Waals surface area contributed by atoms with Crippen LogP contribution in [0, 0.1) is 5.92 Å². The van der Waals surface area contributed by atoms with E-state index in [-0.39, 0.29) is 29.9 Å². The lowest BCUT2D eigenvalue weighted by Crippen LogP contribution is -2.23. The highest BCUT2D eigenvalue weighted by atomic mass is 31.2. The first-order valence-electron chi connectivity index (χ1n) is 14.2. The largest absolute Gasteiger partial charge is 0.507 e. The van der Waals surface area contributed by atoms with Crippen LogP contribution >= 0.6 is 7.82 Å². The first-order valence-corrected chi connectivity index (χ1v) is 15.7. The van der Waals surface area contributed by atoms with Crippen LogP contribution in [0.15, 0.2) is 96.6 Å². The number of aromatic hydroxyl groups is 1. The fraction of sp³-hybridized carbons (Fsp3) is 0.324. The molecule has 4 atom stereocenters. The molecule has 1 aliphatic carbocycles. The van der Waals surface area contributed by atoms with E-state index in [9.17, 15) is 19.4 Å². The van der Waals surface area contributed by atoms with Crippen LogP contribution in [0.5, 0.6) is 11.5 Å². The average Bonchev–Trinajstić information content (AvgIpc) is 2.96. The Hall–Kier alpha value is -3.48. The van der Waals surface area contributed by atoms with Gasteiger partial charge in [0, 0.05) is 11.5 Å². The summed E-state index contributed by atoms with van der Waals surface area (Å²) in [6.07, 6.45) is 3.79. The maximum Gasteiger partial charge on any atom is 0.473 e. The van der Waals surface area contributed by atoms with E-state index in [0.29, 0.717) is 23.1 Å². The van der Waals surface area contributed by atoms with Crippen LogP contribution in [0.1, 0.15) is 74.3 Å². The van der Waals surface area contributed by atoms with Crippen molar-refractivity contribution in [1.82, 2.24) is 0 Å². The molecule has 222 valence electrons. The molecule has 42 heavy (non-hydrogen) atoms. The minimum Gasteiger partial charge on any atom is -0.507 e. The number of hydrogen-bond donors (Lipinski definition) is 2. The molecule has 0 saturated heterocycles. The summed E-state index contributed by atoms with van der Waals surface area (Å²) in [5, 5.41) is 11.3. The predicted molar refractivity (Wildman–Crippen MR) is 163 cm³/mol. The lowest BCUT2D eigenvalue weighted by molar-refractivity contribution is -0.143. The van der Waals surface area contributed by atoms with Crippen LogP contribution in [0.25, 0.3) is 0 Å². The zero-order chi connectivity index (χ0) is 30.3. The van der Waals surface area contributed by atoms with Crippen molar-refractivity contribution in [3.8, 4) is 11.5 Å². The molecule has 0 bridgehead atoms. The zero-order valence-electron chi connectivity index (χ0n) is 24.4. The third kappa shape index (κ3) is 8.08. The highest BCUT2D eigenvalue weighted by Gasteiger charge is 2.36. The van der Waals surface area contributed by atoms with E-state index in [1.165, 1.54) is 5.57 Å². The lowest BCUT2D eigenvalue weighted by Gasteiger charge is -2.32. The van der Waals surface area contributed by atoms with Gasteiger partial charge < -0.3 is 14.7 Å². The van der Waals surface area contributed by atoms with E-state index in [2.05, 4.69) is 12.7 Å². The Morgan fingerprint density at radius 2 is 1.74 bits per heavy atom. The summed E-state index contributed by atoms with van der Waals surface area (Å²) < 4.78 is 29.7. The fourth-order valence-corrected chi connectivity index (χ4v) is 6.20. The first-order chi connectivity index (χ1) is 20.1. The Morgan fingerprint density at radius 1 is 1.07 bits per heavy atom. The van der Waals surface area contributed by atoms with E-state index in [1.807, 2.05) is 26.8 Å². The summed E-state index contributed by atoms with van der Waals surface area (Å²) in [7, 11) is -4.71. The first kappa shape index (κ1) is 31.5. The number of aryl methyl sites for hydroxylation is 1. The van der Waals surface area contributed by atoms with E-state index in [0.717, 1.165) is 30.4 Å². The van der Waals surface area contributed by atoms with Crippen LogP contribution in [-0.2, 0) is 31.4 Å². The molecular weight excluding hydrogens is 551 g/mol. The van der Waals surface area contributed by atoms with Crippen molar-refractivity contribution >= 4 is 13.8 Å². The summed E-state index contributed by atoms with van der Waals surface area (Å²) in [4.78, 5) is 24.4. The third-order valence-corrected chi connectivity index (χ3v) is 8.37. The number of phosphoric ester groups is 1. The van der Waals surface area contributed by atoms with Gasteiger partial charge in [0.2, 0.25) is 0 Å². The van der Waals surface area contributed by atoms with Gasteiger partial charge in [-0.05, 0) is 67.9 Å². The summed E-state index contributed by atoms with van der Waals surface area (Å²) in [6, 6.07) is 20.7. The molecule has 4 rings (SSSR count). The van der Waals surface area contributed by atoms with E-state index in [4.69, 9.17) is 13.8 Å². The SMILES string of the molecule is C=C(C)[C@@H]1CCC(C)=C[C@H]1c1c(O)cc(CCC)cc1OC(=O)C(OP(=O)(O)OCc1ccccc1)c1ccccc1. The molecule has 2 N–H and O–H groups in total. The lowest BCUT2D eigenvalue weighted by atomic mass is 9.73. The van der Waals surface area contributed by atoms with Gasteiger partial charge in [-0.25, -0.2) is 9.36 Å². The number of allylic oxidation sites excluding steroid dienone is 3. The molecule has 0 saturated carbocycles. The summed E-state index contributed by atoms with van der Waals surface area (Å²) >= 11 is 0. The molecule has 3 aromatic rings. The predicted octanol–water partition coefficient (Wildman–Crippen LogP) is 8.34. The van der Waals surface area contributed by atoms with Crippen LogP contribution < -0.4 is 4.74 Å². The Kier molecular flexibility index (Phi) is 10.6. The number of phenolic OH excluding ortho intramolecular Hbond substituents is 1. The minimum atomic E-state index is -4.71.